The average Bonchev–Trinajstić information content (AvgIpc) is 3.69. The highest BCUT2D eigenvalue weighted by atomic mass is 35.5. The third kappa shape index (κ3) is 7.78. The minimum Gasteiger partial charge on any atom is -0.508 e. The summed E-state index contributed by atoms with van der Waals surface area (Å²) in [5.74, 6) is 0.998. The smallest absolute Gasteiger partial charge is 0.327 e. The van der Waals surface area contributed by atoms with Crippen molar-refractivity contribution in [3.63, 3.8) is 0 Å². The fourth-order valence-corrected chi connectivity index (χ4v) is 4.75. The van der Waals surface area contributed by atoms with Crippen molar-refractivity contribution in [1.82, 2.24) is 34.2 Å². The maximum Gasteiger partial charge on any atom is 0.327 e. The highest BCUT2D eigenvalue weighted by molar-refractivity contribution is 6.28. The number of rotatable bonds is 4. The van der Waals surface area contributed by atoms with Crippen LogP contribution in [-0.2, 0) is 0 Å². The van der Waals surface area contributed by atoms with Crippen LogP contribution in [0.2, 0.25) is 5.28 Å². The van der Waals surface area contributed by atoms with E-state index in [-0.39, 0.29) is 0 Å². The van der Waals surface area contributed by atoms with E-state index in [0.29, 0.717) is 22.8 Å². The summed E-state index contributed by atoms with van der Waals surface area (Å²) < 4.78 is 9.41. The zero-order chi connectivity index (χ0) is 32.6. The molecule has 0 atom stereocenters. The molecule has 10 heteroatoms. The lowest BCUT2D eigenvalue weighted by molar-refractivity contribution is 0.436. The fraction of sp³-hybridized carbons (Fsp3) is 0.0541. The Morgan fingerprint density at radius 3 is 1.62 bits per heavy atom. The minimum absolute atomic E-state index is 0.322. The lowest BCUT2D eigenvalue weighted by Gasteiger charge is -2.06. The summed E-state index contributed by atoms with van der Waals surface area (Å²) in [6, 6.07) is 37.4. The number of hydrogen-bond donors (Lipinski definition) is 1. The summed E-state index contributed by atoms with van der Waals surface area (Å²) in [5, 5.41) is 25.0. The number of halogens is 1. The molecule has 5 aromatic heterocycles. The number of aromatic nitrogens is 7. The molecular weight excluding hydrogens is 610 g/mol. The Balaban J connectivity index is 0.000000141. The summed E-state index contributed by atoms with van der Waals surface area (Å²) in [7, 11) is 0. The third-order valence-corrected chi connectivity index (χ3v) is 7.37. The fourth-order valence-electron chi connectivity index (χ4n) is 4.58. The maximum absolute atomic E-state index is 8.63. The zero-order valence-corrected chi connectivity index (χ0v) is 26.4. The molecule has 1 N–H and O–H groups in total. The Morgan fingerprint density at radius 1 is 0.553 bits per heavy atom. The molecule has 0 saturated heterocycles. The number of aromatic hydroxyl groups is 1. The summed E-state index contributed by atoms with van der Waals surface area (Å²) in [6.45, 7) is 4.15. The monoisotopic (exact) mass is 639 g/mol. The second kappa shape index (κ2) is 14.4. The number of nitrogens with zero attached hydrogens (tertiary/aromatic N) is 7. The third-order valence-electron chi connectivity index (χ3n) is 7.12. The minimum atomic E-state index is 0.322. The first kappa shape index (κ1) is 30.9. The van der Waals surface area contributed by atoms with E-state index >= 15 is 0 Å². The van der Waals surface area contributed by atoms with Crippen LogP contribution in [0.5, 0.6) is 17.5 Å². The highest BCUT2D eigenvalue weighted by Gasteiger charge is 2.09. The first-order chi connectivity index (χ1) is 22.9. The van der Waals surface area contributed by atoms with Gasteiger partial charge < -0.3 is 9.84 Å². The Morgan fingerprint density at radius 2 is 1.06 bits per heavy atom. The quantitative estimate of drug-likeness (QED) is 0.206. The number of aryl methyl sites for hydroxylation is 2. The van der Waals surface area contributed by atoms with Crippen LogP contribution in [0.25, 0.3) is 33.5 Å². The molecule has 0 unspecified atom stereocenters. The molecule has 0 spiro atoms. The first-order valence-corrected chi connectivity index (χ1v) is 15.1. The molecule has 232 valence electrons. The van der Waals surface area contributed by atoms with Gasteiger partial charge in [0.25, 0.3) is 0 Å². The molecule has 0 amide bonds. The number of ether oxygens (including phenoxy) is 1. The van der Waals surface area contributed by atoms with Gasteiger partial charge in [-0.1, -0.05) is 83.0 Å². The van der Waals surface area contributed by atoms with Gasteiger partial charge in [0.1, 0.15) is 11.5 Å². The van der Waals surface area contributed by atoms with Crippen molar-refractivity contribution in [3.05, 3.63) is 156 Å². The van der Waals surface area contributed by atoms with Gasteiger partial charge in [0, 0.05) is 24.8 Å². The molecule has 47 heavy (non-hydrogen) atoms. The maximum atomic E-state index is 8.63. The molecule has 8 rings (SSSR count). The topological polar surface area (TPSA) is 103 Å². The van der Waals surface area contributed by atoms with Gasteiger partial charge in [-0.15, -0.1) is 15.3 Å². The Kier molecular flexibility index (Phi) is 9.45. The van der Waals surface area contributed by atoms with Crippen molar-refractivity contribution in [2.75, 3.05) is 0 Å². The number of hydrogen-bond acceptors (Lipinski definition) is 7. The van der Waals surface area contributed by atoms with Crippen molar-refractivity contribution in [2.45, 2.75) is 13.8 Å². The van der Waals surface area contributed by atoms with E-state index in [1.165, 1.54) is 11.1 Å². The van der Waals surface area contributed by atoms with Crippen LogP contribution < -0.4 is 4.74 Å². The van der Waals surface area contributed by atoms with Crippen molar-refractivity contribution < 1.29 is 9.84 Å². The van der Waals surface area contributed by atoms with Crippen molar-refractivity contribution in [1.29, 1.82) is 0 Å². The number of pyridine rings is 3. The summed E-state index contributed by atoms with van der Waals surface area (Å²) >= 11 is 5.95. The standard InChI is InChI=1S/C18H14N4O.C13H10ClN3.C6H6O/c1-13-2-4-14(5-3-13)15-6-7-17-20-21-18(22(17)12-15)23-16-8-10-19-11-9-16;1-9-2-4-10(5-3-9)11-6-7-12-15-16-13(14)17(12)8-11;7-6-4-2-1-3-5-6/h2-12H,1H3;2-8H,1H3;1-5,7H. The second-order valence-electron chi connectivity index (χ2n) is 10.6. The van der Waals surface area contributed by atoms with Crippen molar-refractivity contribution in [2.24, 2.45) is 0 Å². The van der Waals surface area contributed by atoms with Gasteiger partial charge >= 0.3 is 6.01 Å². The molecule has 0 aliphatic heterocycles. The van der Waals surface area contributed by atoms with Gasteiger partial charge in [0.2, 0.25) is 5.28 Å². The van der Waals surface area contributed by atoms with Gasteiger partial charge in [-0.2, -0.15) is 0 Å². The van der Waals surface area contributed by atoms with Crippen LogP contribution in [0.15, 0.2) is 140 Å². The van der Waals surface area contributed by atoms with Crippen LogP contribution in [-0.4, -0.2) is 39.3 Å². The van der Waals surface area contributed by atoms with Crippen LogP contribution in [0.3, 0.4) is 0 Å². The Hall–Kier alpha value is -6.06. The average molecular weight is 640 g/mol. The summed E-state index contributed by atoms with van der Waals surface area (Å²) in [6.07, 6.45) is 7.28. The number of benzene rings is 3. The zero-order valence-electron chi connectivity index (χ0n) is 25.6. The Bertz CT molecular complexity index is 2200. The van der Waals surface area contributed by atoms with Gasteiger partial charge in [-0.3, -0.25) is 13.8 Å². The number of para-hydroxylation sites is 1. The predicted octanol–water partition coefficient (Wildman–Crippen LogP) is 8.64. The summed E-state index contributed by atoms with van der Waals surface area (Å²) in [5.41, 5.74) is 8.45. The van der Waals surface area contributed by atoms with E-state index in [9.17, 15) is 0 Å². The van der Waals surface area contributed by atoms with Gasteiger partial charge in [-0.05, 0) is 96.2 Å². The summed E-state index contributed by atoms with van der Waals surface area (Å²) in [4.78, 5) is 3.98. The van der Waals surface area contributed by atoms with E-state index in [1.54, 1.807) is 53.2 Å². The van der Waals surface area contributed by atoms with Gasteiger partial charge in [-0.25, -0.2) is 0 Å². The number of phenolic OH excluding ortho intramolecular Hbond substituents is 1. The van der Waals surface area contributed by atoms with Crippen LogP contribution in [0, 0.1) is 13.8 Å². The molecule has 3 aromatic carbocycles. The normalized spacial score (nSPS) is 10.5. The molecule has 8 aromatic rings. The molecule has 5 heterocycles. The second-order valence-corrected chi connectivity index (χ2v) is 10.9. The van der Waals surface area contributed by atoms with E-state index in [4.69, 9.17) is 21.4 Å². The molecular formula is C37H30ClN7O2. The van der Waals surface area contributed by atoms with E-state index in [2.05, 4.69) is 87.8 Å². The first-order valence-electron chi connectivity index (χ1n) is 14.7. The highest BCUT2D eigenvalue weighted by Crippen LogP contribution is 2.25. The van der Waals surface area contributed by atoms with Gasteiger partial charge in [0.05, 0.1) is 0 Å². The van der Waals surface area contributed by atoms with E-state index in [0.717, 1.165) is 33.5 Å². The van der Waals surface area contributed by atoms with E-state index < -0.39 is 0 Å². The molecule has 0 aliphatic carbocycles. The largest absolute Gasteiger partial charge is 0.508 e. The molecule has 0 aliphatic rings. The number of phenols is 1. The van der Waals surface area contributed by atoms with Crippen LogP contribution >= 0.6 is 11.6 Å². The van der Waals surface area contributed by atoms with Crippen LogP contribution in [0.4, 0.5) is 0 Å². The molecule has 0 radical (unpaired) electrons. The van der Waals surface area contributed by atoms with E-state index in [1.807, 2.05) is 47.1 Å². The Labute approximate surface area is 276 Å². The molecule has 0 bridgehead atoms. The lowest BCUT2D eigenvalue weighted by atomic mass is 10.1. The van der Waals surface area contributed by atoms with Gasteiger partial charge in [0.15, 0.2) is 11.3 Å². The van der Waals surface area contributed by atoms with Crippen LogP contribution in [0.1, 0.15) is 11.1 Å². The lowest BCUT2D eigenvalue weighted by Crippen LogP contribution is -1.93. The number of fused-ring (bicyclic) bond motifs is 2. The van der Waals surface area contributed by atoms with Crippen molar-refractivity contribution >= 4 is 22.9 Å². The molecule has 0 saturated carbocycles. The van der Waals surface area contributed by atoms with Crippen molar-refractivity contribution in [3.8, 4) is 39.8 Å². The SMILES string of the molecule is Cc1ccc(-c2ccc3nnc(Cl)n3c2)cc1.Cc1ccc(-c2ccc3nnc(Oc4ccncc4)n3c2)cc1.Oc1ccccc1. The molecule has 0 fully saturated rings. The predicted molar refractivity (Wildman–Crippen MR) is 184 cm³/mol. The molecule has 9 nitrogen and oxygen atoms in total.